The van der Waals surface area contributed by atoms with Crippen molar-refractivity contribution in [2.45, 2.75) is 26.2 Å². The summed E-state index contributed by atoms with van der Waals surface area (Å²) in [5, 5.41) is 8.04. The fraction of sp³-hybridized carbons (Fsp3) is 0.714. The number of methoxy groups -OCH3 is 1. The van der Waals surface area contributed by atoms with E-state index in [2.05, 4.69) is 4.74 Å². The Morgan fingerprint density at radius 2 is 2.09 bits per heavy atom. The predicted molar refractivity (Wildman–Crippen MR) is 40.2 cm³/mol. The van der Waals surface area contributed by atoms with Gasteiger partial charge in [0.15, 0.2) is 0 Å². The summed E-state index contributed by atoms with van der Waals surface area (Å²) in [6.45, 7) is 2.35. The summed E-state index contributed by atoms with van der Waals surface area (Å²) in [7, 11) is 1.31. The first-order chi connectivity index (χ1) is 5.18. The second kappa shape index (κ2) is 11.7. The fourth-order valence-corrected chi connectivity index (χ4v) is 0.328. The lowest BCUT2D eigenvalue weighted by atomic mass is 10.3. The average molecular weight is 162 g/mol. The van der Waals surface area contributed by atoms with Crippen molar-refractivity contribution < 1.29 is 19.4 Å². The van der Waals surface area contributed by atoms with Crippen molar-refractivity contribution in [3.05, 3.63) is 0 Å². The smallest absolute Gasteiger partial charge is 0.303 e. The maximum absolute atomic E-state index is 9.76. The molecule has 0 spiro atoms. The highest BCUT2D eigenvalue weighted by Gasteiger charge is 1.90. The Morgan fingerprint density at radius 1 is 1.64 bits per heavy atom. The first-order valence-electron chi connectivity index (χ1n) is 3.37. The minimum atomic E-state index is -0.693. The highest BCUT2D eigenvalue weighted by atomic mass is 16.5. The van der Waals surface area contributed by atoms with E-state index in [-0.39, 0.29) is 0 Å². The van der Waals surface area contributed by atoms with Crippen molar-refractivity contribution in [1.82, 2.24) is 0 Å². The molecule has 4 heteroatoms. The van der Waals surface area contributed by atoms with Gasteiger partial charge in [0.1, 0.15) is 0 Å². The number of unbranched alkanes of at least 4 members (excludes halogenated alkanes) is 1. The van der Waals surface area contributed by atoms with Crippen LogP contribution in [0.2, 0.25) is 0 Å². The number of hydrogen-bond acceptors (Lipinski definition) is 3. The fourth-order valence-electron chi connectivity index (χ4n) is 0.328. The molecule has 0 atom stereocenters. The molecule has 0 heterocycles. The van der Waals surface area contributed by atoms with Gasteiger partial charge in [-0.15, -0.1) is 0 Å². The molecule has 0 radical (unpaired) electrons. The van der Waals surface area contributed by atoms with E-state index >= 15 is 0 Å². The van der Waals surface area contributed by atoms with Crippen LogP contribution in [0, 0.1) is 0 Å². The van der Waals surface area contributed by atoms with Gasteiger partial charge in [0.05, 0.1) is 7.11 Å². The normalized spacial score (nSPS) is 7.45. The van der Waals surface area contributed by atoms with Gasteiger partial charge in [0.2, 0.25) is 0 Å². The summed E-state index contributed by atoms with van der Waals surface area (Å²) in [6, 6.07) is 0. The van der Waals surface area contributed by atoms with E-state index in [4.69, 9.17) is 9.90 Å². The van der Waals surface area contributed by atoms with Crippen LogP contribution in [0.25, 0.3) is 0 Å². The molecule has 0 aromatic heterocycles. The molecule has 0 saturated carbocycles. The number of hydrogen-bond donors (Lipinski definition) is 1. The summed E-state index contributed by atoms with van der Waals surface area (Å²) in [5.74, 6) is -0.693. The number of aliphatic carboxylic acids is 1. The summed E-state index contributed by atoms with van der Waals surface area (Å²) in [5.41, 5.74) is 0. The molecule has 0 bridgehead atoms. The van der Waals surface area contributed by atoms with Gasteiger partial charge in [-0.1, -0.05) is 13.3 Å². The van der Waals surface area contributed by atoms with Gasteiger partial charge in [-0.3, -0.25) is 9.59 Å². The quantitative estimate of drug-likeness (QED) is 0.627. The van der Waals surface area contributed by atoms with Crippen molar-refractivity contribution in [2.24, 2.45) is 0 Å². The molecule has 66 valence electrons. The van der Waals surface area contributed by atoms with Gasteiger partial charge < -0.3 is 9.84 Å². The number of carboxylic acid groups (broad SMARTS) is 1. The Bertz CT molecular complexity index is 101. The van der Waals surface area contributed by atoms with Crippen molar-refractivity contribution in [1.29, 1.82) is 0 Å². The van der Waals surface area contributed by atoms with Crippen molar-refractivity contribution >= 4 is 12.4 Å². The first kappa shape index (κ1) is 12.6. The van der Waals surface area contributed by atoms with E-state index in [1.807, 2.05) is 6.92 Å². The topological polar surface area (TPSA) is 63.6 Å². The lowest BCUT2D eigenvalue weighted by Gasteiger charge is -1.85. The van der Waals surface area contributed by atoms with Crippen molar-refractivity contribution in [3.8, 4) is 0 Å². The second-order valence-corrected chi connectivity index (χ2v) is 1.83. The Balaban J connectivity index is 0. The van der Waals surface area contributed by atoms with Gasteiger partial charge >= 0.3 is 5.97 Å². The molecule has 0 aliphatic heterocycles. The van der Waals surface area contributed by atoms with Crippen LogP contribution in [0.15, 0.2) is 0 Å². The molecule has 0 aliphatic carbocycles. The third kappa shape index (κ3) is 27.7. The van der Waals surface area contributed by atoms with Crippen LogP contribution in [0.1, 0.15) is 26.2 Å². The van der Waals surface area contributed by atoms with E-state index in [9.17, 15) is 4.79 Å². The molecule has 0 rings (SSSR count). The largest absolute Gasteiger partial charge is 0.481 e. The maximum Gasteiger partial charge on any atom is 0.303 e. The van der Waals surface area contributed by atoms with Crippen LogP contribution in [0.4, 0.5) is 0 Å². The lowest BCUT2D eigenvalue weighted by Crippen LogP contribution is -1.91. The number of carbonyl (C=O) groups excluding carboxylic acids is 1. The third-order valence-electron chi connectivity index (χ3n) is 0.840. The summed E-state index contributed by atoms with van der Waals surface area (Å²) < 4.78 is 3.86. The zero-order valence-electron chi connectivity index (χ0n) is 6.87. The Kier molecular flexibility index (Phi) is 13.4. The highest BCUT2D eigenvalue weighted by Crippen LogP contribution is 1.91. The Morgan fingerprint density at radius 3 is 2.18 bits per heavy atom. The SMILES string of the molecule is CCCCC(=O)O.COC=O. The van der Waals surface area contributed by atoms with Crippen molar-refractivity contribution in [3.63, 3.8) is 0 Å². The van der Waals surface area contributed by atoms with Crippen LogP contribution in [0.3, 0.4) is 0 Å². The second-order valence-electron chi connectivity index (χ2n) is 1.83. The molecular weight excluding hydrogens is 148 g/mol. The van der Waals surface area contributed by atoms with E-state index in [0.29, 0.717) is 12.9 Å². The van der Waals surface area contributed by atoms with Gasteiger partial charge in [-0.25, -0.2) is 0 Å². The molecule has 4 nitrogen and oxygen atoms in total. The lowest BCUT2D eigenvalue weighted by molar-refractivity contribution is -0.137. The third-order valence-corrected chi connectivity index (χ3v) is 0.840. The molecule has 0 aliphatic rings. The molecule has 0 saturated heterocycles. The summed E-state index contributed by atoms with van der Waals surface area (Å²) >= 11 is 0. The number of rotatable bonds is 4. The first-order valence-corrected chi connectivity index (χ1v) is 3.37. The maximum atomic E-state index is 9.76. The van der Waals surface area contributed by atoms with E-state index in [1.54, 1.807) is 0 Å². The standard InChI is InChI=1S/C5H10O2.C2H4O2/c1-2-3-4-5(6)7;1-4-2-3/h2-4H2,1H3,(H,6,7);2H,1H3. The van der Waals surface area contributed by atoms with Crippen molar-refractivity contribution in [2.75, 3.05) is 7.11 Å². The molecule has 0 unspecified atom stereocenters. The molecular formula is C7H14O4. The van der Waals surface area contributed by atoms with Gasteiger partial charge in [0.25, 0.3) is 6.47 Å². The minimum Gasteiger partial charge on any atom is -0.481 e. The minimum absolute atomic E-state index is 0.316. The Hall–Kier alpha value is -1.06. The number of ether oxygens (including phenoxy) is 1. The molecule has 11 heavy (non-hydrogen) atoms. The van der Waals surface area contributed by atoms with Gasteiger partial charge in [0, 0.05) is 6.42 Å². The summed E-state index contributed by atoms with van der Waals surface area (Å²) in [6.07, 6.45) is 2.08. The van der Waals surface area contributed by atoms with Crippen LogP contribution in [0.5, 0.6) is 0 Å². The number of carboxylic acids is 1. The van der Waals surface area contributed by atoms with Crippen LogP contribution in [-0.4, -0.2) is 24.7 Å². The molecule has 0 fully saturated rings. The number of carbonyl (C=O) groups is 2. The van der Waals surface area contributed by atoms with E-state index < -0.39 is 5.97 Å². The monoisotopic (exact) mass is 162 g/mol. The van der Waals surface area contributed by atoms with E-state index in [0.717, 1.165) is 12.8 Å². The summed E-state index contributed by atoms with van der Waals surface area (Å²) in [4.78, 5) is 18.7. The Labute approximate surface area is 66.2 Å². The average Bonchev–Trinajstić information content (AvgIpc) is 2.01. The highest BCUT2D eigenvalue weighted by molar-refractivity contribution is 5.66. The molecule has 1 N–H and O–H groups in total. The van der Waals surface area contributed by atoms with Crippen LogP contribution >= 0.6 is 0 Å². The molecule has 0 amide bonds. The van der Waals surface area contributed by atoms with Gasteiger partial charge in [-0.05, 0) is 6.42 Å². The predicted octanol–water partition coefficient (Wildman–Crippen LogP) is 1.05. The molecule has 0 aromatic rings. The zero-order chi connectivity index (χ0) is 9.11. The van der Waals surface area contributed by atoms with Gasteiger partial charge in [-0.2, -0.15) is 0 Å². The zero-order valence-corrected chi connectivity index (χ0v) is 6.87. The van der Waals surface area contributed by atoms with Crippen LogP contribution < -0.4 is 0 Å². The van der Waals surface area contributed by atoms with E-state index in [1.165, 1.54) is 7.11 Å². The molecule has 0 aromatic carbocycles. The van der Waals surface area contributed by atoms with Crippen LogP contribution in [-0.2, 0) is 14.3 Å².